The van der Waals surface area contributed by atoms with E-state index in [1.165, 1.54) is 24.8 Å². The quantitative estimate of drug-likeness (QED) is 0.884. The maximum atomic E-state index is 9.11. The highest BCUT2D eigenvalue weighted by molar-refractivity contribution is 5.31. The summed E-state index contributed by atoms with van der Waals surface area (Å²) in [6, 6.07) is 10.5. The highest BCUT2D eigenvalue weighted by Gasteiger charge is 2.21. The second-order valence-electron chi connectivity index (χ2n) is 4.94. The van der Waals surface area contributed by atoms with Gasteiger partial charge in [0.05, 0.1) is 11.6 Å². The van der Waals surface area contributed by atoms with Gasteiger partial charge in [-0.25, -0.2) is 0 Å². The van der Waals surface area contributed by atoms with Crippen LogP contribution in [0.25, 0.3) is 0 Å². The number of nitriles is 1. The molecule has 0 amide bonds. The lowest BCUT2D eigenvalue weighted by Crippen LogP contribution is -2.39. The van der Waals surface area contributed by atoms with E-state index in [2.05, 4.69) is 11.0 Å². The second kappa shape index (κ2) is 6.53. The van der Waals surface area contributed by atoms with Gasteiger partial charge in [-0.3, -0.25) is 4.90 Å². The molecule has 1 aromatic rings. The van der Waals surface area contributed by atoms with E-state index in [0.29, 0.717) is 11.6 Å². The van der Waals surface area contributed by atoms with Crippen LogP contribution in [0.1, 0.15) is 36.8 Å². The summed E-state index contributed by atoms with van der Waals surface area (Å²) in [6.07, 6.45) is 4.58. The lowest BCUT2D eigenvalue weighted by atomic mass is 9.98. The Hall–Kier alpha value is -1.37. The van der Waals surface area contributed by atoms with Crippen molar-refractivity contribution in [2.75, 3.05) is 13.2 Å². The third-order valence-corrected chi connectivity index (χ3v) is 3.68. The van der Waals surface area contributed by atoms with E-state index >= 15 is 0 Å². The predicted molar refractivity (Wildman–Crippen MR) is 70.9 cm³/mol. The van der Waals surface area contributed by atoms with Crippen LogP contribution in [-0.4, -0.2) is 29.2 Å². The molecule has 1 saturated heterocycles. The summed E-state index contributed by atoms with van der Waals surface area (Å²) in [5.74, 6) is 0. The van der Waals surface area contributed by atoms with Crippen molar-refractivity contribution in [3.63, 3.8) is 0 Å². The molecule has 3 nitrogen and oxygen atoms in total. The molecule has 1 atom stereocenters. The van der Waals surface area contributed by atoms with Crippen molar-refractivity contribution in [1.82, 2.24) is 4.90 Å². The molecule has 2 rings (SSSR count). The van der Waals surface area contributed by atoms with Crippen LogP contribution in [0.5, 0.6) is 0 Å². The molecule has 1 fully saturated rings. The van der Waals surface area contributed by atoms with E-state index in [0.717, 1.165) is 19.5 Å². The first kappa shape index (κ1) is 13.1. The lowest BCUT2D eigenvalue weighted by molar-refractivity contribution is 0.112. The number of piperidine rings is 1. The maximum absolute atomic E-state index is 9.11. The summed E-state index contributed by atoms with van der Waals surface area (Å²) in [6.45, 7) is 2.32. The van der Waals surface area contributed by atoms with Gasteiger partial charge in [-0.15, -0.1) is 0 Å². The number of aliphatic hydroxyl groups excluding tert-OH is 1. The van der Waals surface area contributed by atoms with E-state index < -0.39 is 0 Å². The summed E-state index contributed by atoms with van der Waals surface area (Å²) in [5, 5.41) is 17.9. The molecule has 1 aliphatic rings. The number of aliphatic hydroxyl groups is 1. The molecule has 18 heavy (non-hydrogen) atoms. The van der Waals surface area contributed by atoms with Gasteiger partial charge in [-0.1, -0.05) is 18.6 Å². The molecule has 0 spiro atoms. The Kier molecular flexibility index (Phi) is 4.74. The summed E-state index contributed by atoms with van der Waals surface area (Å²) >= 11 is 0. The van der Waals surface area contributed by atoms with Gasteiger partial charge >= 0.3 is 0 Å². The van der Waals surface area contributed by atoms with E-state index in [1.807, 2.05) is 24.3 Å². The summed E-state index contributed by atoms with van der Waals surface area (Å²) in [5.41, 5.74) is 1.96. The molecule has 96 valence electrons. The summed E-state index contributed by atoms with van der Waals surface area (Å²) in [7, 11) is 0. The van der Waals surface area contributed by atoms with Gasteiger partial charge in [0.25, 0.3) is 0 Å². The zero-order chi connectivity index (χ0) is 12.8. The minimum Gasteiger partial charge on any atom is -0.396 e. The van der Waals surface area contributed by atoms with Gasteiger partial charge in [-0.05, 0) is 43.5 Å². The fourth-order valence-electron chi connectivity index (χ4n) is 2.66. The first-order valence-corrected chi connectivity index (χ1v) is 6.67. The molecule has 0 bridgehead atoms. The Morgan fingerprint density at radius 1 is 1.28 bits per heavy atom. The molecule has 1 unspecified atom stereocenters. The van der Waals surface area contributed by atoms with Crippen LogP contribution in [0.15, 0.2) is 24.3 Å². The second-order valence-corrected chi connectivity index (χ2v) is 4.94. The number of rotatable bonds is 4. The normalized spacial score (nSPS) is 20.6. The van der Waals surface area contributed by atoms with Gasteiger partial charge in [0, 0.05) is 19.2 Å². The van der Waals surface area contributed by atoms with E-state index in [4.69, 9.17) is 10.4 Å². The molecule has 1 aliphatic heterocycles. The SMILES string of the molecule is N#Cc1ccc(CN2CCCCC2CCO)cc1. The number of likely N-dealkylation sites (tertiary alicyclic amines) is 1. The van der Waals surface area contributed by atoms with E-state index in [-0.39, 0.29) is 6.61 Å². The van der Waals surface area contributed by atoms with Crippen LogP contribution in [0, 0.1) is 11.3 Å². The van der Waals surface area contributed by atoms with Gasteiger partial charge in [0.15, 0.2) is 0 Å². The largest absolute Gasteiger partial charge is 0.396 e. The number of hydrogen-bond acceptors (Lipinski definition) is 3. The molecule has 3 heteroatoms. The van der Waals surface area contributed by atoms with Gasteiger partial charge in [0.2, 0.25) is 0 Å². The van der Waals surface area contributed by atoms with Crippen molar-refractivity contribution in [3.8, 4) is 6.07 Å². The molecule has 0 aromatic heterocycles. The number of nitrogens with zero attached hydrogens (tertiary/aromatic N) is 2. The number of benzene rings is 1. The van der Waals surface area contributed by atoms with Crippen LogP contribution in [0.3, 0.4) is 0 Å². The minimum atomic E-state index is 0.272. The number of hydrogen-bond donors (Lipinski definition) is 1. The molecule has 1 N–H and O–H groups in total. The minimum absolute atomic E-state index is 0.272. The van der Waals surface area contributed by atoms with Crippen LogP contribution >= 0.6 is 0 Å². The van der Waals surface area contributed by atoms with E-state index in [1.54, 1.807) is 0 Å². The Morgan fingerprint density at radius 3 is 2.72 bits per heavy atom. The van der Waals surface area contributed by atoms with Crippen molar-refractivity contribution >= 4 is 0 Å². The molecule has 0 radical (unpaired) electrons. The van der Waals surface area contributed by atoms with Gasteiger partial charge in [0.1, 0.15) is 0 Å². The highest BCUT2D eigenvalue weighted by atomic mass is 16.3. The smallest absolute Gasteiger partial charge is 0.0991 e. The summed E-state index contributed by atoms with van der Waals surface area (Å²) in [4.78, 5) is 2.46. The Labute approximate surface area is 109 Å². The zero-order valence-electron chi connectivity index (χ0n) is 10.7. The molecule has 1 heterocycles. The fourth-order valence-corrected chi connectivity index (χ4v) is 2.66. The topological polar surface area (TPSA) is 47.3 Å². The third-order valence-electron chi connectivity index (χ3n) is 3.68. The average molecular weight is 244 g/mol. The first-order valence-electron chi connectivity index (χ1n) is 6.67. The monoisotopic (exact) mass is 244 g/mol. The van der Waals surface area contributed by atoms with E-state index in [9.17, 15) is 0 Å². The molecular weight excluding hydrogens is 224 g/mol. The van der Waals surface area contributed by atoms with Crippen molar-refractivity contribution < 1.29 is 5.11 Å². The third kappa shape index (κ3) is 3.32. The van der Waals surface area contributed by atoms with Crippen molar-refractivity contribution in [3.05, 3.63) is 35.4 Å². The standard InChI is InChI=1S/C15H20N2O/c16-11-13-4-6-14(7-5-13)12-17-9-2-1-3-15(17)8-10-18/h4-7,15,18H,1-3,8-10,12H2. The van der Waals surface area contributed by atoms with Gasteiger partial charge in [-0.2, -0.15) is 5.26 Å². The molecule has 0 aliphatic carbocycles. The Balaban J connectivity index is 1.99. The van der Waals surface area contributed by atoms with Crippen molar-refractivity contribution in [2.45, 2.75) is 38.3 Å². The first-order chi connectivity index (χ1) is 8.83. The van der Waals surface area contributed by atoms with Crippen LogP contribution in [-0.2, 0) is 6.54 Å². The van der Waals surface area contributed by atoms with Crippen molar-refractivity contribution in [1.29, 1.82) is 5.26 Å². The fraction of sp³-hybridized carbons (Fsp3) is 0.533. The maximum Gasteiger partial charge on any atom is 0.0991 e. The predicted octanol–water partition coefficient (Wildman–Crippen LogP) is 2.30. The molecule has 0 saturated carbocycles. The van der Waals surface area contributed by atoms with Gasteiger partial charge < -0.3 is 5.11 Å². The van der Waals surface area contributed by atoms with Crippen LogP contribution < -0.4 is 0 Å². The average Bonchev–Trinajstić information content (AvgIpc) is 2.42. The van der Waals surface area contributed by atoms with Crippen LogP contribution in [0.2, 0.25) is 0 Å². The highest BCUT2D eigenvalue weighted by Crippen LogP contribution is 2.21. The zero-order valence-corrected chi connectivity index (χ0v) is 10.7. The lowest BCUT2D eigenvalue weighted by Gasteiger charge is -2.35. The molecule has 1 aromatic carbocycles. The molecular formula is C15H20N2O. The van der Waals surface area contributed by atoms with Crippen molar-refractivity contribution in [2.24, 2.45) is 0 Å². The van der Waals surface area contributed by atoms with Crippen LogP contribution in [0.4, 0.5) is 0 Å². The summed E-state index contributed by atoms with van der Waals surface area (Å²) < 4.78 is 0. The Bertz CT molecular complexity index is 405. The Morgan fingerprint density at radius 2 is 2.06 bits per heavy atom.